The number of nitrogens with zero attached hydrogens (tertiary/aromatic N) is 1. The van der Waals surface area contributed by atoms with Crippen LogP contribution in [0, 0.1) is 16.0 Å². The summed E-state index contributed by atoms with van der Waals surface area (Å²) in [6.45, 7) is 0.959. The molecule has 4 heteroatoms. The van der Waals surface area contributed by atoms with Crippen LogP contribution >= 0.6 is 0 Å². The predicted molar refractivity (Wildman–Crippen MR) is 44.1 cm³/mol. The third-order valence-electron chi connectivity index (χ3n) is 2.39. The molecular formula is C8H10N2O2. The first-order valence-corrected chi connectivity index (χ1v) is 4.05. The molecule has 64 valence electrons. The van der Waals surface area contributed by atoms with Crippen LogP contribution in [0.5, 0.6) is 0 Å². The third-order valence-corrected chi connectivity index (χ3v) is 2.39. The molecule has 4 nitrogen and oxygen atoms in total. The lowest BCUT2D eigenvalue weighted by molar-refractivity contribution is -0.419. The van der Waals surface area contributed by atoms with E-state index in [0.717, 1.165) is 13.0 Å². The van der Waals surface area contributed by atoms with Gasteiger partial charge < -0.3 is 5.32 Å². The summed E-state index contributed by atoms with van der Waals surface area (Å²) in [5.74, 6) is 0.466. The van der Waals surface area contributed by atoms with E-state index in [9.17, 15) is 10.1 Å². The quantitative estimate of drug-likeness (QED) is 0.460. The summed E-state index contributed by atoms with van der Waals surface area (Å²) in [5, 5.41) is 13.6. The summed E-state index contributed by atoms with van der Waals surface area (Å²) in [4.78, 5) is 10.1. The van der Waals surface area contributed by atoms with E-state index in [1.165, 1.54) is 0 Å². The first-order valence-electron chi connectivity index (χ1n) is 4.05. The van der Waals surface area contributed by atoms with Gasteiger partial charge in [0, 0.05) is 18.2 Å². The zero-order valence-electron chi connectivity index (χ0n) is 6.56. The lowest BCUT2D eigenvalue weighted by Crippen LogP contribution is -2.26. The number of nitrogens with one attached hydrogen (secondary N) is 1. The van der Waals surface area contributed by atoms with E-state index < -0.39 is 0 Å². The maximum absolute atomic E-state index is 10.4. The van der Waals surface area contributed by atoms with Crippen LogP contribution in [0.25, 0.3) is 0 Å². The molecule has 0 radical (unpaired) electrons. The number of nitro groups is 1. The van der Waals surface area contributed by atoms with Crippen LogP contribution in [0.3, 0.4) is 0 Å². The summed E-state index contributed by atoms with van der Waals surface area (Å²) in [6, 6.07) is 0.190. The van der Waals surface area contributed by atoms with Crippen LogP contribution in [0.15, 0.2) is 23.9 Å². The van der Waals surface area contributed by atoms with E-state index in [2.05, 4.69) is 5.32 Å². The van der Waals surface area contributed by atoms with E-state index in [1.54, 1.807) is 12.2 Å². The molecule has 0 aromatic carbocycles. The van der Waals surface area contributed by atoms with Crippen molar-refractivity contribution < 1.29 is 4.92 Å². The lowest BCUT2D eigenvalue weighted by atomic mass is 9.95. The fourth-order valence-electron chi connectivity index (χ4n) is 1.73. The highest BCUT2D eigenvalue weighted by molar-refractivity contribution is 5.23. The second kappa shape index (κ2) is 2.71. The molecule has 2 rings (SSSR count). The summed E-state index contributed by atoms with van der Waals surface area (Å²) >= 11 is 0. The largest absolute Gasteiger partial charge is 0.310 e. The molecule has 1 saturated heterocycles. The molecule has 0 amide bonds. The molecule has 0 aromatic rings. The molecule has 0 saturated carbocycles. The van der Waals surface area contributed by atoms with Gasteiger partial charge >= 0.3 is 0 Å². The minimum Gasteiger partial charge on any atom is -0.310 e. The number of hydrogen-bond donors (Lipinski definition) is 1. The molecule has 0 spiro atoms. The van der Waals surface area contributed by atoms with E-state index in [0.29, 0.717) is 5.92 Å². The highest BCUT2D eigenvalue weighted by Gasteiger charge is 2.28. The van der Waals surface area contributed by atoms with Crippen molar-refractivity contribution >= 4 is 0 Å². The Morgan fingerprint density at radius 3 is 3.25 bits per heavy atom. The van der Waals surface area contributed by atoms with Crippen molar-refractivity contribution in [3.8, 4) is 0 Å². The zero-order chi connectivity index (χ0) is 8.55. The van der Waals surface area contributed by atoms with E-state index >= 15 is 0 Å². The fourth-order valence-corrected chi connectivity index (χ4v) is 1.73. The summed E-state index contributed by atoms with van der Waals surface area (Å²) in [7, 11) is 0. The van der Waals surface area contributed by atoms with Gasteiger partial charge in [0.2, 0.25) is 0 Å². The van der Waals surface area contributed by atoms with Gasteiger partial charge in [0.15, 0.2) is 0 Å². The van der Waals surface area contributed by atoms with Gasteiger partial charge in [-0.1, -0.05) is 6.08 Å². The van der Waals surface area contributed by atoms with Crippen LogP contribution in [0.2, 0.25) is 0 Å². The lowest BCUT2D eigenvalue weighted by Gasteiger charge is -2.14. The molecule has 1 fully saturated rings. The maximum Gasteiger partial charge on any atom is 0.266 e. The van der Waals surface area contributed by atoms with Crippen molar-refractivity contribution in [2.45, 2.75) is 12.5 Å². The van der Waals surface area contributed by atoms with E-state index in [-0.39, 0.29) is 16.7 Å². The van der Waals surface area contributed by atoms with Crippen LogP contribution in [0.1, 0.15) is 6.42 Å². The van der Waals surface area contributed by atoms with Gasteiger partial charge in [0.05, 0.1) is 4.92 Å². The van der Waals surface area contributed by atoms with E-state index in [4.69, 9.17) is 0 Å². The Morgan fingerprint density at radius 2 is 2.50 bits per heavy atom. The van der Waals surface area contributed by atoms with Gasteiger partial charge in [-0.3, -0.25) is 10.1 Å². The van der Waals surface area contributed by atoms with Gasteiger partial charge in [-0.25, -0.2) is 0 Å². The summed E-state index contributed by atoms with van der Waals surface area (Å²) in [5.41, 5.74) is 0.214. The second-order valence-electron chi connectivity index (χ2n) is 3.14. The normalized spacial score (nSPS) is 32.8. The van der Waals surface area contributed by atoms with Gasteiger partial charge in [-0.05, 0) is 18.9 Å². The Morgan fingerprint density at radius 1 is 1.67 bits per heavy atom. The van der Waals surface area contributed by atoms with Crippen molar-refractivity contribution in [2.75, 3.05) is 6.54 Å². The molecule has 2 atom stereocenters. The molecule has 1 heterocycles. The number of allylic oxidation sites excluding steroid dienone is 1. The van der Waals surface area contributed by atoms with Gasteiger partial charge in [0.1, 0.15) is 0 Å². The Kier molecular flexibility index (Phi) is 1.69. The molecule has 2 unspecified atom stereocenters. The minimum absolute atomic E-state index is 0.190. The predicted octanol–water partition coefficient (Wildman–Crippen LogP) is 0.695. The van der Waals surface area contributed by atoms with Crippen molar-refractivity contribution in [2.24, 2.45) is 5.92 Å². The zero-order valence-corrected chi connectivity index (χ0v) is 6.56. The van der Waals surface area contributed by atoms with Crippen LogP contribution in [0.4, 0.5) is 0 Å². The first kappa shape index (κ1) is 7.49. The second-order valence-corrected chi connectivity index (χ2v) is 3.14. The summed E-state index contributed by atoms with van der Waals surface area (Å²) in [6.07, 6.45) is 6.33. The van der Waals surface area contributed by atoms with Crippen molar-refractivity contribution in [1.82, 2.24) is 5.32 Å². The standard InChI is InChI=1S/C8H10N2O2/c11-10(12)7-2-1-6-3-4-9-8(6)5-7/h1-2,5-6,8-9H,3-4H2. The van der Waals surface area contributed by atoms with Crippen molar-refractivity contribution in [1.29, 1.82) is 0 Å². The SMILES string of the molecule is O=[N+]([O-])C1=CC2NCCC2C=C1. The smallest absolute Gasteiger partial charge is 0.266 e. The minimum atomic E-state index is -0.341. The van der Waals surface area contributed by atoms with Gasteiger partial charge in [-0.15, -0.1) is 0 Å². The molecule has 0 aromatic heterocycles. The van der Waals surface area contributed by atoms with Crippen molar-refractivity contribution in [3.05, 3.63) is 34.0 Å². The first-order chi connectivity index (χ1) is 5.77. The molecule has 2 aliphatic rings. The molecule has 1 aliphatic heterocycles. The monoisotopic (exact) mass is 166 g/mol. The van der Waals surface area contributed by atoms with Gasteiger partial charge in [-0.2, -0.15) is 0 Å². The number of rotatable bonds is 1. The average molecular weight is 166 g/mol. The Labute approximate surface area is 70.1 Å². The van der Waals surface area contributed by atoms with Gasteiger partial charge in [0.25, 0.3) is 5.70 Å². The molecule has 12 heavy (non-hydrogen) atoms. The molecule has 0 bridgehead atoms. The highest BCUT2D eigenvalue weighted by atomic mass is 16.6. The topological polar surface area (TPSA) is 55.2 Å². The highest BCUT2D eigenvalue weighted by Crippen LogP contribution is 2.24. The van der Waals surface area contributed by atoms with Crippen LogP contribution in [-0.4, -0.2) is 17.5 Å². The van der Waals surface area contributed by atoms with Crippen LogP contribution in [-0.2, 0) is 0 Å². The van der Waals surface area contributed by atoms with Crippen LogP contribution < -0.4 is 5.32 Å². The number of hydrogen-bond acceptors (Lipinski definition) is 3. The Hall–Kier alpha value is -1.16. The average Bonchev–Trinajstić information content (AvgIpc) is 2.49. The fraction of sp³-hybridized carbons (Fsp3) is 0.500. The maximum atomic E-state index is 10.4. The third kappa shape index (κ3) is 1.14. The molecular weight excluding hydrogens is 156 g/mol. The molecule has 1 N–H and O–H groups in total. The molecule has 1 aliphatic carbocycles. The van der Waals surface area contributed by atoms with Crippen molar-refractivity contribution in [3.63, 3.8) is 0 Å². The number of fused-ring (bicyclic) bond motifs is 1. The van der Waals surface area contributed by atoms with E-state index in [1.807, 2.05) is 6.08 Å². The Bertz CT molecular complexity index is 270. The Balaban J connectivity index is 2.20. The summed E-state index contributed by atoms with van der Waals surface area (Å²) < 4.78 is 0.